The van der Waals surface area contributed by atoms with Crippen LogP contribution in [0.15, 0.2) is 121 Å². The van der Waals surface area contributed by atoms with Crippen LogP contribution < -0.4 is 0 Å². The van der Waals surface area contributed by atoms with E-state index < -0.39 is 0 Å². The van der Waals surface area contributed by atoms with Crippen molar-refractivity contribution >= 4 is 43.1 Å². The molecule has 0 saturated carbocycles. The number of fused-ring (bicyclic) bond motifs is 7. The molecule has 8 aromatic carbocycles. The summed E-state index contributed by atoms with van der Waals surface area (Å²) in [5.41, 5.74) is 16.1. The quantitative estimate of drug-likeness (QED) is 0.123. The first-order chi connectivity index (χ1) is 26.3. The molecule has 1 aliphatic rings. The SMILES string of the molecule is CC(C)(C)c1cc(-c2c3c(c(-c4cc(C(C)(C)C)cc(C(C)(C)C)c4)c4cc5ccccc5cc24)-c2cc4ccccc4c4cccc-3c24)cc(C(C)(C)C)c1. The number of hydrogen-bond donors (Lipinski definition) is 0. The Morgan fingerprint density at radius 3 is 1.12 bits per heavy atom. The molecule has 0 atom stereocenters. The van der Waals surface area contributed by atoms with Crippen molar-refractivity contribution in [2.45, 2.75) is 105 Å². The third kappa shape index (κ3) is 5.79. The monoisotopic (exact) mass is 728 g/mol. The topological polar surface area (TPSA) is 0 Å². The van der Waals surface area contributed by atoms with Crippen LogP contribution >= 0.6 is 0 Å². The number of rotatable bonds is 2. The van der Waals surface area contributed by atoms with Gasteiger partial charge in [0.15, 0.2) is 0 Å². The van der Waals surface area contributed by atoms with E-state index in [0.29, 0.717) is 0 Å². The molecular weight excluding hydrogens is 673 g/mol. The minimum atomic E-state index is -0.0163. The fourth-order valence-corrected chi connectivity index (χ4v) is 9.16. The van der Waals surface area contributed by atoms with E-state index in [4.69, 9.17) is 0 Å². The average Bonchev–Trinajstić information content (AvgIpc) is 3.45. The van der Waals surface area contributed by atoms with Gasteiger partial charge in [-0.15, -0.1) is 0 Å². The fourth-order valence-electron chi connectivity index (χ4n) is 9.16. The normalized spacial score (nSPS) is 13.4. The zero-order valence-electron chi connectivity index (χ0n) is 35.5. The van der Waals surface area contributed by atoms with Crippen molar-refractivity contribution in [3.63, 3.8) is 0 Å². The molecule has 0 saturated heterocycles. The van der Waals surface area contributed by atoms with Gasteiger partial charge in [0.25, 0.3) is 0 Å². The van der Waals surface area contributed by atoms with Crippen molar-refractivity contribution in [1.82, 2.24) is 0 Å². The predicted octanol–water partition coefficient (Wildman–Crippen LogP) is 16.5. The van der Waals surface area contributed by atoms with Gasteiger partial charge in [0.2, 0.25) is 0 Å². The molecule has 1 aliphatic carbocycles. The maximum Gasteiger partial charge on any atom is -0.000719 e. The van der Waals surface area contributed by atoms with Crippen molar-refractivity contribution in [3.8, 4) is 44.5 Å². The fraction of sp³-hybridized carbons (Fsp3) is 0.286. The molecular formula is C56H56. The van der Waals surface area contributed by atoms with Gasteiger partial charge in [0, 0.05) is 0 Å². The zero-order chi connectivity index (χ0) is 39.7. The first-order valence-electron chi connectivity index (χ1n) is 20.6. The smallest absolute Gasteiger partial charge is 0.000719 e. The minimum Gasteiger partial charge on any atom is -0.0616 e. The number of hydrogen-bond acceptors (Lipinski definition) is 0. The summed E-state index contributed by atoms with van der Waals surface area (Å²) in [4.78, 5) is 0. The van der Waals surface area contributed by atoms with E-state index in [1.165, 1.54) is 110 Å². The molecule has 8 aromatic rings. The largest absolute Gasteiger partial charge is 0.0616 e. The standard InChI is InChI=1S/C56H56/c1-53(2,3)38-24-36(25-39(31-38)54(4,5)6)48-45-28-33-18-13-14-19-34(33)29-46(45)49(37-26-40(55(7,8)9)32-41(27-37)56(10,11)12)52-47-30-35-20-15-16-21-42(35)43-22-17-23-44(50(43)47)51(48)52/h13-32H,1-12H3. The first-order valence-corrected chi connectivity index (χ1v) is 20.6. The predicted molar refractivity (Wildman–Crippen MR) is 247 cm³/mol. The highest BCUT2D eigenvalue weighted by Crippen LogP contribution is 2.59. The third-order valence-electron chi connectivity index (χ3n) is 12.5. The molecule has 0 bridgehead atoms. The van der Waals surface area contributed by atoms with E-state index in [1.807, 2.05) is 0 Å². The average molecular weight is 729 g/mol. The second kappa shape index (κ2) is 12.1. The Balaban J connectivity index is 1.57. The molecule has 9 rings (SSSR count). The third-order valence-corrected chi connectivity index (χ3v) is 12.5. The molecule has 280 valence electrons. The van der Waals surface area contributed by atoms with Crippen LogP contribution in [0, 0.1) is 0 Å². The highest BCUT2D eigenvalue weighted by atomic mass is 14.4. The van der Waals surface area contributed by atoms with Gasteiger partial charge in [-0.2, -0.15) is 0 Å². The van der Waals surface area contributed by atoms with Crippen LogP contribution in [0.5, 0.6) is 0 Å². The summed E-state index contributed by atoms with van der Waals surface area (Å²) < 4.78 is 0. The maximum absolute atomic E-state index is 2.51. The Labute approximate surface area is 334 Å². The summed E-state index contributed by atoms with van der Waals surface area (Å²) >= 11 is 0. The Morgan fingerprint density at radius 1 is 0.286 bits per heavy atom. The van der Waals surface area contributed by atoms with Crippen LogP contribution in [0.4, 0.5) is 0 Å². The summed E-state index contributed by atoms with van der Waals surface area (Å²) in [5, 5.41) is 10.5. The lowest BCUT2D eigenvalue weighted by Gasteiger charge is -2.29. The first kappa shape index (κ1) is 36.4. The van der Waals surface area contributed by atoms with Crippen LogP contribution in [0.3, 0.4) is 0 Å². The van der Waals surface area contributed by atoms with Crippen LogP contribution in [-0.2, 0) is 21.7 Å². The lowest BCUT2D eigenvalue weighted by Crippen LogP contribution is -2.17. The van der Waals surface area contributed by atoms with Gasteiger partial charge in [0.05, 0.1) is 0 Å². The van der Waals surface area contributed by atoms with Crippen molar-refractivity contribution in [1.29, 1.82) is 0 Å². The lowest BCUT2D eigenvalue weighted by atomic mass is 9.75. The summed E-state index contributed by atoms with van der Waals surface area (Å²) in [6.07, 6.45) is 0. The summed E-state index contributed by atoms with van der Waals surface area (Å²) in [6.45, 7) is 28.3. The molecule has 56 heavy (non-hydrogen) atoms. The molecule has 0 amide bonds. The van der Waals surface area contributed by atoms with Crippen LogP contribution in [0.2, 0.25) is 0 Å². The van der Waals surface area contributed by atoms with Gasteiger partial charge in [-0.1, -0.05) is 186 Å². The van der Waals surface area contributed by atoms with E-state index in [-0.39, 0.29) is 21.7 Å². The van der Waals surface area contributed by atoms with Crippen LogP contribution in [-0.4, -0.2) is 0 Å². The van der Waals surface area contributed by atoms with Gasteiger partial charge in [-0.05, 0) is 150 Å². The second-order valence-corrected chi connectivity index (χ2v) is 20.7. The van der Waals surface area contributed by atoms with E-state index in [2.05, 4.69) is 204 Å². The minimum absolute atomic E-state index is 0.0148. The molecule has 0 aliphatic heterocycles. The molecule has 0 heterocycles. The molecule has 0 radical (unpaired) electrons. The summed E-state index contributed by atoms with van der Waals surface area (Å²) in [7, 11) is 0. The molecule has 0 spiro atoms. The molecule has 0 N–H and O–H groups in total. The van der Waals surface area contributed by atoms with Gasteiger partial charge in [-0.3, -0.25) is 0 Å². The Bertz CT molecular complexity index is 2860. The Kier molecular flexibility index (Phi) is 7.91. The van der Waals surface area contributed by atoms with Crippen LogP contribution in [0.25, 0.3) is 87.6 Å². The molecule has 0 unspecified atom stereocenters. The highest BCUT2D eigenvalue weighted by molar-refractivity contribution is 6.31. The van der Waals surface area contributed by atoms with E-state index >= 15 is 0 Å². The maximum atomic E-state index is 2.51. The van der Waals surface area contributed by atoms with Crippen LogP contribution in [0.1, 0.15) is 105 Å². The highest BCUT2D eigenvalue weighted by Gasteiger charge is 2.33. The van der Waals surface area contributed by atoms with Gasteiger partial charge in [0.1, 0.15) is 0 Å². The van der Waals surface area contributed by atoms with Gasteiger partial charge in [-0.25, -0.2) is 0 Å². The van der Waals surface area contributed by atoms with Gasteiger partial charge >= 0.3 is 0 Å². The zero-order valence-corrected chi connectivity index (χ0v) is 35.5. The molecule has 0 nitrogen and oxygen atoms in total. The molecule has 0 heteroatoms. The number of benzene rings is 8. The van der Waals surface area contributed by atoms with Gasteiger partial charge < -0.3 is 0 Å². The molecule has 0 aromatic heterocycles. The van der Waals surface area contributed by atoms with E-state index in [1.54, 1.807) is 0 Å². The van der Waals surface area contributed by atoms with E-state index in [9.17, 15) is 0 Å². The van der Waals surface area contributed by atoms with Crippen molar-refractivity contribution in [2.24, 2.45) is 0 Å². The molecule has 0 fully saturated rings. The Morgan fingerprint density at radius 2 is 0.679 bits per heavy atom. The van der Waals surface area contributed by atoms with Crippen molar-refractivity contribution in [3.05, 3.63) is 144 Å². The Hall–Kier alpha value is -5.20. The second-order valence-electron chi connectivity index (χ2n) is 20.7. The van der Waals surface area contributed by atoms with E-state index in [0.717, 1.165) is 0 Å². The lowest BCUT2D eigenvalue weighted by molar-refractivity contribution is 0.568. The summed E-state index contributed by atoms with van der Waals surface area (Å²) in [5.74, 6) is 0. The van der Waals surface area contributed by atoms with Crippen molar-refractivity contribution in [2.75, 3.05) is 0 Å². The summed E-state index contributed by atoms with van der Waals surface area (Å²) in [6, 6.07) is 47.4. The van der Waals surface area contributed by atoms with Crippen molar-refractivity contribution < 1.29 is 0 Å².